The zero-order valence-corrected chi connectivity index (χ0v) is 13.0. The number of nitrogens with zero attached hydrogens (tertiary/aromatic N) is 4. The standard InChI is InChI=1S/C16H22N4O/c1-11-8-12(2)19-15-14(11)16(18-10-17-15)20(3)9-13-6-4-5-7-21-13/h8,10,13H,4-7,9H2,1-3H3. The summed E-state index contributed by atoms with van der Waals surface area (Å²) in [6, 6.07) is 2.08. The van der Waals surface area contributed by atoms with Crippen LogP contribution in [0.25, 0.3) is 11.0 Å². The molecule has 0 aliphatic carbocycles. The minimum absolute atomic E-state index is 0.299. The molecular formula is C16H22N4O. The van der Waals surface area contributed by atoms with Crippen LogP contribution >= 0.6 is 0 Å². The van der Waals surface area contributed by atoms with Gasteiger partial charge >= 0.3 is 0 Å². The SMILES string of the molecule is Cc1cc(C)c2c(N(C)CC3CCCCO3)ncnc2n1. The summed E-state index contributed by atoms with van der Waals surface area (Å²) in [4.78, 5) is 15.5. The van der Waals surface area contributed by atoms with E-state index in [0.29, 0.717) is 6.10 Å². The van der Waals surface area contributed by atoms with Gasteiger partial charge in [0.05, 0.1) is 11.5 Å². The fraction of sp³-hybridized carbons (Fsp3) is 0.562. The largest absolute Gasteiger partial charge is 0.376 e. The van der Waals surface area contributed by atoms with Crippen LogP contribution in [-0.2, 0) is 4.74 Å². The maximum absolute atomic E-state index is 5.83. The predicted octanol–water partition coefficient (Wildman–Crippen LogP) is 2.65. The highest BCUT2D eigenvalue weighted by atomic mass is 16.5. The molecule has 2 aromatic heterocycles. The Kier molecular flexibility index (Phi) is 4.01. The highest BCUT2D eigenvalue weighted by Gasteiger charge is 2.19. The van der Waals surface area contributed by atoms with Gasteiger partial charge in [0.15, 0.2) is 5.65 Å². The van der Waals surface area contributed by atoms with Crippen molar-refractivity contribution >= 4 is 16.9 Å². The number of anilines is 1. The van der Waals surface area contributed by atoms with Crippen molar-refractivity contribution in [3.05, 3.63) is 23.7 Å². The van der Waals surface area contributed by atoms with Gasteiger partial charge < -0.3 is 9.64 Å². The van der Waals surface area contributed by atoms with Crippen LogP contribution in [0.2, 0.25) is 0 Å². The molecule has 3 heterocycles. The van der Waals surface area contributed by atoms with Crippen molar-refractivity contribution in [1.29, 1.82) is 0 Å². The van der Waals surface area contributed by atoms with Crippen molar-refractivity contribution in [2.45, 2.75) is 39.2 Å². The fourth-order valence-electron chi connectivity index (χ4n) is 3.02. The summed E-state index contributed by atoms with van der Waals surface area (Å²) < 4.78 is 5.83. The predicted molar refractivity (Wildman–Crippen MR) is 83.7 cm³/mol. The third kappa shape index (κ3) is 2.97. The Morgan fingerprint density at radius 1 is 1.29 bits per heavy atom. The van der Waals surface area contributed by atoms with E-state index in [1.54, 1.807) is 6.33 Å². The van der Waals surface area contributed by atoms with E-state index in [1.807, 2.05) is 6.92 Å². The van der Waals surface area contributed by atoms with Gasteiger partial charge in [-0.1, -0.05) is 0 Å². The van der Waals surface area contributed by atoms with Gasteiger partial charge in [-0.2, -0.15) is 0 Å². The van der Waals surface area contributed by atoms with E-state index in [0.717, 1.165) is 42.1 Å². The zero-order valence-electron chi connectivity index (χ0n) is 13.0. The molecular weight excluding hydrogens is 264 g/mol. The van der Waals surface area contributed by atoms with Gasteiger partial charge in [0.1, 0.15) is 12.1 Å². The molecule has 0 aromatic carbocycles. The van der Waals surface area contributed by atoms with E-state index < -0.39 is 0 Å². The molecule has 5 heteroatoms. The third-order valence-corrected chi connectivity index (χ3v) is 4.02. The van der Waals surface area contributed by atoms with Crippen molar-refractivity contribution in [3.63, 3.8) is 0 Å². The van der Waals surface area contributed by atoms with E-state index in [9.17, 15) is 0 Å². The number of fused-ring (bicyclic) bond motifs is 1. The number of rotatable bonds is 3. The number of pyridine rings is 1. The van der Waals surface area contributed by atoms with E-state index in [4.69, 9.17) is 4.74 Å². The topological polar surface area (TPSA) is 51.1 Å². The van der Waals surface area contributed by atoms with Gasteiger partial charge in [0, 0.05) is 25.9 Å². The van der Waals surface area contributed by atoms with Crippen molar-refractivity contribution in [1.82, 2.24) is 15.0 Å². The first-order valence-corrected chi connectivity index (χ1v) is 7.57. The van der Waals surface area contributed by atoms with Crippen LogP contribution in [0.15, 0.2) is 12.4 Å². The van der Waals surface area contributed by atoms with Crippen molar-refractivity contribution in [3.8, 4) is 0 Å². The van der Waals surface area contributed by atoms with E-state index in [-0.39, 0.29) is 0 Å². The summed E-state index contributed by atoms with van der Waals surface area (Å²) in [5.41, 5.74) is 2.93. The number of aromatic nitrogens is 3. The Hall–Kier alpha value is -1.75. The maximum Gasteiger partial charge on any atom is 0.165 e. The lowest BCUT2D eigenvalue weighted by Crippen LogP contribution is -2.34. The Bertz CT molecular complexity index is 637. The molecule has 0 bridgehead atoms. The molecule has 1 unspecified atom stereocenters. The first kappa shape index (κ1) is 14.2. The third-order valence-electron chi connectivity index (χ3n) is 4.02. The second-order valence-electron chi connectivity index (χ2n) is 5.85. The van der Waals surface area contributed by atoms with Gasteiger partial charge in [-0.05, 0) is 44.7 Å². The van der Waals surface area contributed by atoms with E-state index >= 15 is 0 Å². The van der Waals surface area contributed by atoms with Crippen LogP contribution in [-0.4, -0.2) is 41.3 Å². The lowest BCUT2D eigenvalue weighted by atomic mass is 10.1. The smallest absolute Gasteiger partial charge is 0.165 e. The quantitative estimate of drug-likeness (QED) is 0.868. The molecule has 1 fully saturated rings. The summed E-state index contributed by atoms with van der Waals surface area (Å²) in [6.07, 6.45) is 5.46. The summed E-state index contributed by atoms with van der Waals surface area (Å²) in [6.45, 7) is 5.82. The fourth-order valence-corrected chi connectivity index (χ4v) is 3.02. The maximum atomic E-state index is 5.83. The molecule has 0 saturated carbocycles. The number of aryl methyl sites for hydroxylation is 2. The lowest BCUT2D eigenvalue weighted by molar-refractivity contribution is 0.0215. The second-order valence-corrected chi connectivity index (χ2v) is 5.85. The van der Waals surface area contributed by atoms with Crippen LogP contribution in [0.5, 0.6) is 0 Å². The number of hydrogen-bond acceptors (Lipinski definition) is 5. The molecule has 1 aliphatic heterocycles. The Labute approximate surface area is 125 Å². The first-order valence-electron chi connectivity index (χ1n) is 7.57. The highest BCUT2D eigenvalue weighted by Crippen LogP contribution is 2.26. The average Bonchev–Trinajstić information content (AvgIpc) is 2.47. The molecule has 5 nitrogen and oxygen atoms in total. The van der Waals surface area contributed by atoms with Crippen molar-refractivity contribution < 1.29 is 4.74 Å². The summed E-state index contributed by atoms with van der Waals surface area (Å²) >= 11 is 0. The minimum Gasteiger partial charge on any atom is -0.376 e. The van der Waals surface area contributed by atoms with Gasteiger partial charge in [0.2, 0.25) is 0 Å². The molecule has 0 N–H and O–H groups in total. The summed E-state index contributed by atoms with van der Waals surface area (Å²) in [7, 11) is 2.07. The summed E-state index contributed by atoms with van der Waals surface area (Å²) in [5, 5.41) is 1.04. The van der Waals surface area contributed by atoms with Gasteiger partial charge in [-0.25, -0.2) is 15.0 Å². The van der Waals surface area contributed by atoms with Gasteiger partial charge in [-0.3, -0.25) is 0 Å². The molecule has 0 amide bonds. The van der Waals surface area contributed by atoms with Crippen LogP contribution in [0.1, 0.15) is 30.5 Å². The average molecular weight is 286 g/mol. The van der Waals surface area contributed by atoms with Crippen LogP contribution in [0, 0.1) is 13.8 Å². The molecule has 0 spiro atoms. The normalized spacial score (nSPS) is 18.9. The Balaban J connectivity index is 1.92. The zero-order chi connectivity index (χ0) is 14.8. The van der Waals surface area contributed by atoms with E-state index in [2.05, 4.69) is 39.9 Å². The number of likely N-dealkylation sites (N-methyl/N-ethyl adjacent to an activating group) is 1. The highest BCUT2D eigenvalue weighted by molar-refractivity contribution is 5.89. The first-order chi connectivity index (χ1) is 10.1. The second kappa shape index (κ2) is 5.93. The molecule has 1 aliphatic rings. The van der Waals surface area contributed by atoms with Crippen LogP contribution in [0.4, 0.5) is 5.82 Å². The molecule has 0 radical (unpaired) electrons. The van der Waals surface area contributed by atoms with Gasteiger partial charge in [-0.15, -0.1) is 0 Å². The lowest BCUT2D eigenvalue weighted by Gasteiger charge is -2.28. The Morgan fingerprint density at radius 3 is 2.90 bits per heavy atom. The molecule has 21 heavy (non-hydrogen) atoms. The van der Waals surface area contributed by atoms with Gasteiger partial charge in [0.25, 0.3) is 0 Å². The molecule has 1 atom stereocenters. The van der Waals surface area contributed by atoms with Crippen molar-refractivity contribution in [2.24, 2.45) is 0 Å². The minimum atomic E-state index is 0.299. The van der Waals surface area contributed by atoms with Crippen LogP contribution in [0.3, 0.4) is 0 Å². The summed E-state index contributed by atoms with van der Waals surface area (Å²) in [5.74, 6) is 0.944. The molecule has 112 valence electrons. The monoisotopic (exact) mass is 286 g/mol. The molecule has 3 rings (SSSR count). The molecule has 1 saturated heterocycles. The Morgan fingerprint density at radius 2 is 2.14 bits per heavy atom. The molecule has 2 aromatic rings. The van der Waals surface area contributed by atoms with E-state index in [1.165, 1.54) is 18.4 Å². The number of hydrogen-bond donors (Lipinski definition) is 0. The van der Waals surface area contributed by atoms with Crippen LogP contribution < -0.4 is 4.90 Å². The van der Waals surface area contributed by atoms with Crippen molar-refractivity contribution in [2.75, 3.05) is 25.1 Å². The number of ether oxygens (including phenoxy) is 1.